The van der Waals surface area contributed by atoms with Crippen molar-refractivity contribution in [2.75, 3.05) is 18.7 Å². The molecule has 0 radical (unpaired) electrons. The molecule has 0 aliphatic carbocycles. The molecule has 0 fully saturated rings. The number of para-hydroxylation sites is 1. The van der Waals surface area contributed by atoms with Crippen LogP contribution in [0.2, 0.25) is 0 Å². The summed E-state index contributed by atoms with van der Waals surface area (Å²) in [6.07, 6.45) is 0.714. The molecule has 1 aliphatic rings. The van der Waals surface area contributed by atoms with Gasteiger partial charge in [-0.05, 0) is 43.7 Å². The minimum atomic E-state index is -0.229. The lowest BCUT2D eigenvalue weighted by atomic mass is 10.1. The number of aryl methyl sites for hydroxylation is 1. The number of anilines is 1. The molecule has 2 aromatic carbocycles. The van der Waals surface area contributed by atoms with Crippen molar-refractivity contribution >= 4 is 22.4 Å². The van der Waals surface area contributed by atoms with Crippen molar-refractivity contribution < 1.29 is 19.0 Å². The van der Waals surface area contributed by atoms with E-state index in [1.807, 2.05) is 44.2 Å². The lowest BCUT2D eigenvalue weighted by molar-refractivity contribution is 0.102. The molecule has 7 heteroatoms. The molecule has 4 rings (SSSR count). The third-order valence-corrected chi connectivity index (χ3v) is 5.42. The van der Waals surface area contributed by atoms with Crippen LogP contribution in [0.3, 0.4) is 0 Å². The summed E-state index contributed by atoms with van der Waals surface area (Å²) in [5.74, 6) is 1.87. The average Bonchev–Trinajstić information content (AvgIpc) is 3.28. The van der Waals surface area contributed by atoms with Crippen LogP contribution in [-0.4, -0.2) is 24.3 Å². The van der Waals surface area contributed by atoms with Crippen molar-refractivity contribution in [3.63, 3.8) is 0 Å². The average molecular weight is 396 g/mol. The monoisotopic (exact) mass is 396 g/mol. The Labute approximate surface area is 167 Å². The van der Waals surface area contributed by atoms with Crippen LogP contribution in [0, 0.1) is 6.92 Å². The Kier molecular flexibility index (Phi) is 5.16. The van der Waals surface area contributed by atoms with E-state index >= 15 is 0 Å². The number of aromatic nitrogens is 1. The summed E-state index contributed by atoms with van der Waals surface area (Å²) in [6, 6.07) is 13.1. The van der Waals surface area contributed by atoms with Gasteiger partial charge in [0.15, 0.2) is 16.6 Å². The van der Waals surface area contributed by atoms with Gasteiger partial charge in [-0.3, -0.25) is 10.1 Å². The molecular formula is C21H20N2O4S. The van der Waals surface area contributed by atoms with Crippen molar-refractivity contribution in [2.45, 2.75) is 20.3 Å². The first-order valence-electron chi connectivity index (χ1n) is 9.02. The maximum Gasteiger partial charge on any atom is 0.261 e. The number of fused-ring (bicyclic) bond motifs is 1. The summed E-state index contributed by atoms with van der Waals surface area (Å²) in [5, 5.41) is 3.46. The first kappa shape index (κ1) is 18.3. The molecule has 1 aromatic heterocycles. The van der Waals surface area contributed by atoms with Gasteiger partial charge in [0.2, 0.25) is 6.79 Å². The summed E-state index contributed by atoms with van der Waals surface area (Å²) in [4.78, 5) is 18.3. The van der Waals surface area contributed by atoms with Crippen LogP contribution in [0.4, 0.5) is 5.13 Å². The highest BCUT2D eigenvalue weighted by molar-refractivity contribution is 7.15. The number of hydrogen-bond donors (Lipinski definition) is 1. The standard InChI is InChI=1S/C21H20N2O4S/c1-3-25-16-7-5-4-6-15(16)20(24)23-21-22-13(2)19(28-21)11-14-8-9-17-18(10-14)27-12-26-17/h4-10H,3,11-12H2,1-2H3,(H,22,23,24). The minimum absolute atomic E-state index is 0.229. The van der Waals surface area contributed by atoms with Gasteiger partial charge in [-0.2, -0.15) is 0 Å². The van der Waals surface area contributed by atoms with E-state index in [2.05, 4.69) is 10.3 Å². The van der Waals surface area contributed by atoms with Gasteiger partial charge < -0.3 is 14.2 Å². The second-order valence-corrected chi connectivity index (χ2v) is 7.36. The number of carbonyl (C=O) groups excluding carboxylic acids is 1. The van der Waals surface area contributed by atoms with Crippen LogP contribution in [0.5, 0.6) is 17.2 Å². The van der Waals surface area contributed by atoms with Crippen molar-refractivity contribution in [1.82, 2.24) is 4.98 Å². The number of rotatable bonds is 6. The zero-order valence-corrected chi connectivity index (χ0v) is 16.5. The van der Waals surface area contributed by atoms with Crippen LogP contribution in [-0.2, 0) is 6.42 Å². The van der Waals surface area contributed by atoms with Crippen LogP contribution < -0.4 is 19.5 Å². The van der Waals surface area contributed by atoms with E-state index in [1.54, 1.807) is 12.1 Å². The highest BCUT2D eigenvalue weighted by Crippen LogP contribution is 2.34. The maximum atomic E-state index is 12.7. The minimum Gasteiger partial charge on any atom is -0.493 e. The summed E-state index contributed by atoms with van der Waals surface area (Å²) in [6.45, 7) is 4.60. The van der Waals surface area contributed by atoms with Gasteiger partial charge in [-0.15, -0.1) is 11.3 Å². The fraction of sp³-hybridized carbons (Fsp3) is 0.238. The number of carbonyl (C=O) groups is 1. The second kappa shape index (κ2) is 7.90. The number of nitrogens with zero attached hydrogens (tertiary/aromatic N) is 1. The molecule has 1 amide bonds. The van der Waals surface area contributed by atoms with Crippen LogP contribution in [0.25, 0.3) is 0 Å². The van der Waals surface area contributed by atoms with Crippen LogP contribution in [0.15, 0.2) is 42.5 Å². The molecule has 0 atom stereocenters. The van der Waals surface area contributed by atoms with Crippen molar-refractivity contribution in [3.05, 3.63) is 64.2 Å². The Balaban J connectivity index is 1.49. The Morgan fingerprint density at radius 2 is 2.04 bits per heavy atom. The molecule has 3 aromatic rings. The molecule has 1 N–H and O–H groups in total. The van der Waals surface area contributed by atoms with Gasteiger partial charge in [0.25, 0.3) is 5.91 Å². The summed E-state index contributed by atoms with van der Waals surface area (Å²) in [5.41, 5.74) is 2.50. The van der Waals surface area contributed by atoms with Gasteiger partial charge in [-0.25, -0.2) is 4.98 Å². The predicted molar refractivity (Wildman–Crippen MR) is 108 cm³/mol. The van der Waals surface area contributed by atoms with E-state index in [0.717, 1.165) is 27.6 Å². The van der Waals surface area contributed by atoms with Crippen molar-refractivity contribution in [3.8, 4) is 17.2 Å². The lowest BCUT2D eigenvalue weighted by Crippen LogP contribution is -2.13. The Morgan fingerprint density at radius 1 is 1.21 bits per heavy atom. The SMILES string of the molecule is CCOc1ccccc1C(=O)Nc1nc(C)c(Cc2ccc3c(c2)OCO3)s1. The van der Waals surface area contributed by atoms with Crippen LogP contribution >= 0.6 is 11.3 Å². The lowest BCUT2D eigenvalue weighted by Gasteiger charge is -2.08. The molecule has 0 bridgehead atoms. The number of thiazole rings is 1. The van der Waals surface area contributed by atoms with Gasteiger partial charge in [-0.1, -0.05) is 18.2 Å². The molecule has 28 heavy (non-hydrogen) atoms. The molecule has 1 aliphatic heterocycles. The predicted octanol–water partition coefficient (Wildman–Crippen LogP) is 4.42. The molecule has 6 nitrogen and oxygen atoms in total. The fourth-order valence-electron chi connectivity index (χ4n) is 2.98. The van der Waals surface area contributed by atoms with Crippen molar-refractivity contribution in [1.29, 1.82) is 0 Å². The maximum absolute atomic E-state index is 12.7. The smallest absolute Gasteiger partial charge is 0.261 e. The van der Waals surface area contributed by atoms with E-state index in [-0.39, 0.29) is 12.7 Å². The zero-order valence-electron chi connectivity index (χ0n) is 15.7. The van der Waals surface area contributed by atoms with E-state index in [0.29, 0.717) is 29.5 Å². The summed E-state index contributed by atoms with van der Waals surface area (Å²) < 4.78 is 16.3. The third-order valence-electron chi connectivity index (χ3n) is 4.35. The molecule has 2 heterocycles. The van der Waals surface area contributed by atoms with Crippen molar-refractivity contribution in [2.24, 2.45) is 0 Å². The van der Waals surface area contributed by atoms with Gasteiger partial charge >= 0.3 is 0 Å². The van der Waals surface area contributed by atoms with E-state index in [9.17, 15) is 4.79 Å². The van der Waals surface area contributed by atoms with Gasteiger partial charge in [0.05, 0.1) is 17.9 Å². The normalized spacial score (nSPS) is 12.1. The zero-order chi connectivity index (χ0) is 19.5. The number of benzene rings is 2. The summed E-state index contributed by atoms with van der Waals surface area (Å²) >= 11 is 1.47. The summed E-state index contributed by atoms with van der Waals surface area (Å²) in [7, 11) is 0. The second-order valence-electron chi connectivity index (χ2n) is 6.28. The highest BCUT2D eigenvalue weighted by Gasteiger charge is 2.17. The number of amides is 1. The molecule has 0 saturated heterocycles. The van der Waals surface area contributed by atoms with E-state index in [1.165, 1.54) is 11.3 Å². The first-order valence-corrected chi connectivity index (χ1v) is 9.83. The fourth-order valence-corrected chi connectivity index (χ4v) is 3.97. The molecule has 0 unspecified atom stereocenters. The highest BCUT2D eigenvalue weighted by atomic mass is 32.1. The quantitative estimate of drug-likeness (QED) is 0.668. The number of ether oxygens (including phenoxy) is 3. The topological polar surface area (TPSA) is 69.7 Å². The molecule has 0 spiro atoms. The number of nitrogens with one attached hydrogen (secondary N) is 1. The Bertz CT molecular complexity index is 1020. The molecule has 144 valence electrons. The van der Waals surface area contributed by atoms with E-state index < -0.39 is 0 Å². The van der Waals surface area contributed by atoms with Gasteiger partial charge in [0, 0.05) is 11.3 Å². The molecular weight excluding hydrogens is 376 g/mol. The Morgan fingerprint density at radius 3 is 2.89 bits per heavy atom. The van der Waals surface area contributed by atoms with Crippen LogP contribution in [0.1, 0.15) is 33.4 Å². The molecule has 0 saturated carbocycles. The third kappa shape index (κ3) is 3.80. The first-order chi connectivity index (χ1) is 13.6. The Hall–Kier alpha value is -3.06. The largest absolute Gasteiger partial charge is 0.493 e. The van der Waals surface area contributed by atoms with E-state index in [4.69, 9.17) is 14.2 Å². The number of hydrogen-bond acceptors (Lipinski definition) is 6. The van der Waals surface area contributed by atoms with Gasteiger partial charge in [0.1, 0.15) is 5.75 Å².